The molecule has 1 N–H and O–H groups in total. The van der Waals surface area contributed by atoms with Gasteiger partial charge in [0.15, 0.2) is 0 Å². The molecular weight excluding hydrogens is 244 g/mol. The lowest BCUT2D eigenvalue weighted by atomic mass is 9.99. The van der Waals surface area contributed by atoms with E-state index >= 15 is 0 Å². The number of hydrogen-bond donors (Lipinski definition) is 1. The number of carbonyl (C=O) groups excluding carboxylic acids is 1. The van der Waals surface area contributed by atoms with Gasteiger partial charge < -0.3 is 14.5 Å². The molecule has 5 heteroatoms. The van der Waals surface area contributed by atoms with Gasteiger partial charge in [-0.15, -0.1) is 0 Å². The predicted molar refractivity (Wildman–Crippen MR) is 71.0 cm³/mol. The van der Waals surface area contributed by atoms with Crippen LogP contribution in [0.4, 0.5) is 0 Å². The van der Waals surface area contributed by atoms with E-state index in [0.29, 0.717) is 19.0 Å². The normalized spacial score (nSPS) is 20.0. The summed E-state index contributed by atoms with van der Waals surface area (Å²) < 4.78 is 5.18. The first-order valence-electron chi connectivity index (χ1n) is 7.09. The molecule has 1 aliphatic heterocycles. The molecule has 1 saturated heterocycles. The van der Waals surface area contributed by atoms with Crippen LogP contribution in [0.1, 0.15) is 61.7 Å². The van der Waals surface area contributed by atoms with Crippen molar-refractivity contribution in [2.45, 2.75) is 51.6 Å². The molecular formula is C14H22N2O3. The van der Waals surface area contributed by atoms with Crippen LogP contribution in [0.5, 0.6) is 0 Å². The number of aliphatic hydroxyl groups excluding tert-OH is 1. The average molecular weight is 266 g/mol. The number of hydrogen-bond acceptors (Lipinski definition) is 4. The quantitative estimate of drug-likeness (QED) is 0.907. The molecule has 1 aromatic heterocycles. The molecule has 2 rings (SSSR count). The molecule has 5 nitrogen and oxygen atoms in total. The molecule has 0 bridgehead atoms. The lowest BCUT2D eigenvalue weighted by molar-refractivity contribution is 0.0441. The first-order valence-corrected chi connectivity index (χ1v) is 7.09. The van der Waals surface area contributed by atoms with Crippen LogP contribution in [0.15, 0.2) is 10.6 Å². The number of likely N-dealkylation sites (tertiary alicyclic amines) is 1. The van der Waals surface area contributed by atoms with Crippen molar-refractivity contribution in [1.29, 1.82) is 0 Å². The Morgan fingerprint density at radius 2 is 2.32 bits per heavy atom. The zero-order chi connectivity index (χ0) is 13.8. The Morgan fingerprint density at radius 1 is 1.58 bits per heavy atom. The van der Waals surface area contributed by atoms with Crippen molar-refractivity contribution in [1.82, 2.24) is 10.1 Å². The second-order valence-corrected chi connectivity index (χ2v) is 5.18. The topological polar surface area (TPSA) is 66.6 Å². The van der Waals surface area contributed by atoms with E-state index in [4.69, 9.17) is 4.52 Å². The molecule has 0 saturated carbocycles. The number of β-amino-alcohol motifs (C(OH)–C–C–N with tert-alkyl or cyclic N) is 1. The van der Waals surface area contributed by atoms with Gasteiger partial charge in [0.2, 0.25) is 5.76 Å². The van der Waals surface area contributed by atoms with Crippen molar-refractivity contribution in [3.05, 3.63) is 17.5 Å². The van der Waals surface area contributed by atoms with Gasteiger partial charge in [-0.1, -0.05) is 19.0 Å². The molecule has 0 radical (unpaired) electrons. The maximum absolute atomic E-state index is 12.2. The first-order chi connectivity index (χ1) is 9.15. The lowest BCUT2D eigenvalue weighted by Gasteiger charge is -2.29. The van der Waals surface area contributed by atoms with Gasteiger partial charge >= 0.3 is 0 Å². The Balaban J connectivity index is 2.07. The monoisotopic (exact) mass is 266 g/mol. The molecule has 0 spiro atoms. The third-order valence-electron chi connectivity index (χ3n) is 3.83. The number of carbonyl (C=O) groups is 1. The van der Waals surface area contributed by atoms with Crippen LogP contribution >= 0.6 is 0 Å². The molecule has 1 aliphatic rings. The third kappa shape index (κ3) is 3.15. The molecule has 1 amide bonds. The van der Waals surface area contributed by atoms with Gasteiger partial charge in [0.1, 0.15) is 0 Å². The standard InChI is InChI=1S/C14H22N2O3/c1-3-10(4-2)12-8-13(19-15-12)14(18)16-7-5-6-11(17)9-16/h8,10-11,17H,3-7,9H2,1-2H3. The van der Waals surface area contributed by atoms with Crippen molar-refractivity contribution in [2.75, 3.05) is 13.1 Å². The van der Waals surface area contributed by atoms with Gasteiger partial charge in [-0.2, -0.15) is 0 Å². The van der Waals surface area contributed by atoms with Gasteiger partial charge in [0.25, 0.3) is 5.91 Å². The number of piperidine rings is 1. The second-order valence-electron chi connectivity index (χ2n) is 5.18. The molecule has 1 atom stereocenters. The Morgan fingerprint density at radius 3 is 2.95 bits per heavy atom. The van der Waals surface area contributed by atoms with Crippen LogP contribution in [0, 0.1) is 0 Å². The zero-order valence-corrected chi connectivity index (χ0v) is 11.6. The largest absolute Gasteiger partial charge is 0.391 e. The van der Waals surface area contributed by atoms with Crippen LogP contribution in [0.3, 0.4) is 0 Å². The van der Waals surface area contributed by atoms with Crippen LogP contribution in [-0.4, -0.2) is 40.3 Å². The highest BCUT2D eigenvalue weighted by Gasteiger charge is 2.26. The van der Waals surface area contributed by atoms with E-state index in [2.05, 4.69) is 19.0 Å². The summed E-state index contributed by atoms with van der Waals surface area (Å²) in [6, 6.07) is 1.75. The Hall–Kier alpha value is -1.36. The van der Waals surface area contributed by atoms with E-state index in [1.165, 1.54) is 0 Å². The summed E-state index contributed by atoms with van der Waals surface area (Å²) in [6.45, 7) is 5.27. The number of amides is 1. The number of nitrogens with zero attached hydrogens (tertiary/aromatic N) is 2. The van der Waals surface area contributed by atoms with E-state index < -0.39 is 6.10 Å². The van der Waals surface area contributed by atoms with Gasteiger partial charge in [-0.05, 0) is 25.7 Å². The van der Waals surface area contributed by atoms with Gasteiger partial charge in [-0.25, -0.2) is 0 Å². The van der Waals surface area contributed by atoms with Crippen molar-refractivity contribution in [2.24, 2.45) is 0 Å². The third-order valence-corrected chi connectivity index (χ3v) is 3.83. The lowest BCUT2D eigenvalue weighted by Crippen LogP contribution is -2.42. The van der Waals surface area contributed by atoms with E-state index in [1.807, 2.05) is 0 Å². The molecule has 1 aromatic rings. The first kappa shape index (κ1) is 14.1. The Labute approximate surface area is 113 Å². The highest BCUT2D eigenvalue weighted by Crippen LogP contribution is 2.23. The molecule has 0 aromatic carbocycles. The fourth-order valence-electron chi connectivity index (χ4n) is 2.58. The summed E-state index contributed by atoms with van der Waals surface area (Å²) in [4.78, 5) is 13.9. The number of rotatable bonds is 4. The van der Waals surface area contributed by atoms with E-state index in [-0.39, 0.29) is 11.7 Å². The summed E-state index contributed by atoms with van der Waals surface area (Å²) in [6.07, 6.45) is 3.15. The molecule has 19 heavy (non-hydrogen) atoms. The van der Waals surface area contributed by atoms with Crippen molar-refractivity contribution >= 4 is 5.91 Å². The predicted octanol–water partition coefficient (Wildman–Crippen LogP) is 2.18. The molecule has 1 fully saturated rings. The number of aliphatic hydroxyl groups is 1. The van der Waals surface area contributed by atoms with E-state index in [0.717, 1.165) is 31.4 Å². The highest BCUT2D eigenvalue weighted by atomic mass is 16.5. The maximum Gasteiger partial charge on any atom is 0.292 e. The van der Waals surface area contributed by atoms with Crippen molar-refractivity contribution in [3.63, 3.8) is 0 Å². The summed E-state index contributed by atoms with van der Waals surface area (Å²) >= 11 is 0. The van der Waals surface area contributed by atoms with Gasteiger partial charge in [0.05, 0.1) is 11.8 Å². The Kier molecular flexibility index (Phi) is 4.58. The minimum Gasteiger partial charge on any atom is -0.391 e. The minimum absolute atomic E-state index is 0.163. The molecule has 106 valence electrons. The zero-order valence-electron chi connectivity index (χ0n) is 11.6. The SMILES string of the molecule is CCC(CC)c1cc(C(=O)N2CCCC(O)C2)on1. The maximum atomic E-state index is 12.2. The highest BCUT2D eigenvalue weighted by molar-refractivity contribution is 5.91. The molecule has 0 aliphatic carbocycles. The van der Waals surface area contributed by atoms with Crippen LogP contribution in [-0.2, 0) is 0 Å². The molecule has 2 heterocycles. The van der Waals surface area contributed by atoms with Gasteiger partial charge in [0, 0.05) is 25.1 Å². The summed E-state index contributed by atoms with van der Waals surface area (Å²) in [7, 11) is 0. The van der Waals surface area contributed by atoms with Gasteiger partial charge in [-0.3, -0.25) is 4.79 Å². The van der Waals surface area contributed by atoms with E-state index in [1.54, 1.807) is 11.0 Å². The summed E-state index contributed by atoms with van der Waals surface area (Å²) in [5.74, 6) is 0.469. The fourth-order valence-corrected chi connectivity index (χ4v) is 2.58. The van der Waals surface area contributed by atoms with Crippen LogP contribution in [0.2, 0.25) is 0 Å². The minimum atomic E-state index is -0.417. The summed E-state index contributed by atoms with van der Waals surface area (Å²) in [5.41, 5.74) is 0.853. The van der Waals surface area contributed by atoms with Crippen molar-refractivity contribution < 1.29 is 14.4 Å². The van der Waals surface area contributed by atoms with Crippen LogP contribution in [0.25, 0.3) is 0 Å². The number of aromatic nitrogens is 1. The fraction of sp³-hybridized carbons (Fsp3) is 0.714. The summed E-state index contributed by atoms with van der Waals surface area (Å²) in [5, 5.41) is 13.6. The van der Waals surface area contributed by atoms with Crippen LogP contribution < -0.4 is 0 Å². The smallest absolute Gasteiger partial charge is 0.292 e. The molecule has 1 unspecified atom stereocenters. The average Bonchev–Trinajstić information content (AvgIpc) is 2.89. The van der Waals surface area contributed by atoms with E-state index in [9.17, 15) is 9.90 Å². The Bertz CT molecular complexity index is 426. The van der Waals surface area contributed by atoms with Crippen molar-refractivity contribution in [3.8, 4) is 0 Å². The second kappa shape index (κ2) is 6.19.